The minimum atomic E-state index is -1.18. The lowest BCUT2D eigenvalue weighted by Crippen LogP contribution is -2.58. The largest absolute Gasteiger partial charge is 0.476 e. The van der Waals surface area contributed by atoms with Crippen LogP contribution in [0.5, 0.6) is 0 Å². The van der Waals surface area contributed by atoms with Crippen LogP contribution in [0.2, 0.25) is 0 Å². The molecule has 90 valence electrons. The van der Waals surface area contributed by atoms with Crippen LogP contribution in [0.3, 0.4) is 0 Å². The van der Waals surface area contributed by atoms with Gasteiger partial charge < -0.3 is 14.8 Å². The second-order valence-corrected chi connectivity index (χ2v) is 5.14. The molecule has 1 aliphatic heterocycles. The van der Waals surface area contributed by atoms with Gasteiger partial charge in [-0.25, -0.2) is 9.79 Å². The molecule has 1 aliphatic rings. The van der Waals surface area contributed by atoms with Gasteiger partial charge in [-0.05, 0) is 11.8 Å². The van der Waals surface area contributed by atoms with Crippen molar-refractivity contribution in [3.8, 4) is 0 Å². The molecule has 1 atom stereocenters. The highest BCUT2D eigenvalue weighted by Gasteiger charge is 2.46. The third-order valence-electron chi connectivity index (χ3n) is 2.25. The number of hydrogen-bond acceptors (Lipinski definition) is 6. The van der Waals surface area contributed by atoms with Crippen molar-refractivity contribution in [1.82, 2.24) is 5.32 Å². The molecule has 0 saturated heterocycles. The van der Waals surface area contributed by atoms with Crippen molar-refractivity contribution in [3.05, 3.63) is 0 Å². The fourth-order valence-corrected chi connectivity index (χ4v) is 2.31. The summed E-state index contributed by atoms with van der Waals surface area (Å²) in [5.41, 5.74) is -1.18. The van der Waals surface area contributed by atoms with Crippen LogP contribution in [0.4, 0.5) is 0 Å². The van der Waals surface area contributed by atoms with Crippen molar-refractivity contribution in [2.45, 2.75) is 19.5 Å². The van der Waals surface area contributed by atoms with Crippen LogP contribution in [-0.2, 0) is 14.3 Å². The van der Waals surface area contributed by atoms with E-state index in [1.165, 1.54) is 26.0 Å². The highest BCUT2D eigenvalue weighted by atomic mass is 32.2. The number of methoxy groups -OCH3 is 2. The molecule has 0 aliphatic carbocycles. The molecule has 0 fully saturated rings. The summed E-state index contributed by atoms with van der Waals surface area (Å²) in [5, 5.41) is 3.26. The number of nitrogens with one attached hydrogen (secondary N) is 1. The average molecular weight is 262 g/mol. The zero-order valence-corrected chi connectivity index (χ0v) is 11.2. The van der Waals surface area contributed by atoms with Crippen LogP contribution < -0.4 is 5.32 Å². The first-order valence-corrected chi connectivity index (χ1v) is 5.91. The van der Waals surface area contributed by atoms with Crippen LogP contribution in [0.1, 0.15) is 13.8 Å². The number of hydrogen-bond donors (Lipinski definition) is 1. The smallest absolute Gasteiger partial charge is 0.355 e. The Morgan fingerprint density at radius 1 is 1.56 bits per heavy atom. The first-order valence-electron chi connectivity index (χ1n) is 4.68. The maximum Gasteiger partial charge on any atom is 0.355 e. The van der Waals surface area contributed by atoms with Crippen LogP contribution in [0.15, 0.2) is 4.99 Å². The molecule has 0 spiro atoms. The Labute approximate surface area is 104 Å². The average Bonchev–Trinajstić information content (AvgIpc) is 2.26. The van der Waals surface area contributed by atoms with E-state index in [-0.39, 0.29) is 5.92 Å². The Morgan fingerprint density at radius 2 is 2.19 bits per heavy atom. The van der Waals surface area contributed by atoms with Gasteiger partial charge in [0.25, 0.3) is 5.23 Å². The standard InChI is InChI=1S/C9H14N2O3S2/c1-5(2)9(6(12)13-3)10-7(14-4)16-8(15)11-9/h5H,1-4H3,(H,11,15)/t9-/m1/s1. The van der Waals surface area contributed by atoms with Gasteiger partial charge in [-0.1, -0.05) is 26.1 Å². The molecule has 0 aromatic heterocycles. The number of esters is 1. The molecule has 0 amide bonds. The number of carbonyl (C=O) groups excluding carboxylic acids is 1. The predicted octanol–water partition coefficient (Wildman–Crippen LogP) is 1.14. The first kappa shape index (κ1) is 13.2. The van der Waals surface area contributed by atoms with Crippen LogP contribution in [0.25, 0.3) is 0 Å². The van der Waals surface area contributed by atoms with Gasteiger partial charge in [-0.3, -0.25) is 0 Å². The molecule has 0 unspecified atom stereocenters. The number of aliphatic imine (C=N–C) groups is 1. The van der Waals surface area contributed by atoms with Crippen molar-refractivity contribution in [1.29, 1.82) is 0 Å². The molecule has 0 aromatic rings. The Morgan fingerprint density at radius 3 is 2.62 bits per heavy atom. The third-order valence-corrected chi connectivity index (χ3v) is 3.32. The molecule has 16 heavy (non-hydrogen) atoms. The second kappa shape index (κ2) is 5.01. The summed E-state index contributed by atoms with van der Waals surface area (Å²) in [6.45, 7) is 3.72. The van der Waals surface area contributed by atoms with E-state index in [2.05, 4.69) is 10.3 Å². The molecule has 0 saturated carbocycles. The molecule has 0 aromatic carbocycles. The van der Waals surface area contributed by atoms with Crippen molar-refractivity contribution in [3.63, 3.8) is 0 Å². The normalized spacial score (nSPS) is 24.8. The number of carbonyl (C=O) groups is 1. The number of rotatable bonds is 2. The number of thiocarbonyl (C=S) groups is 1. The molecule has 7 heteroatoms. The van der Waals surface area contributed by atoms with Crippen LogP contribution in [0, 0.1) is 5.92 Å². The lowest BCUT2D eigenvalue weighted by atomic mass is 9.97. The lowest BCUT2D eigenvalue weighted by molar-refractivity contribution is -0.149. The summed E-state index contributed by atoms with van der Waals surface area (Å²) < 4.78 is 10.3. The zero-order valence-electron chi connectivity index (χ0n) is 9.57. The van der Waals surface area contributed by atoms with Crippen molar-refractivity contribution in [2.75, 3.05) is 14.2 Å². The van der Waals surface area contributed by atoms with Crippen molar-refractivity contribution >= 4 is 39.5 Å². The Hall–Kier alpha value is -0.820. The van der Waals surface area contributed by atoms with Crippen molar-refractivity contribution < 1.29 is 14.3 Å². The van der Waals surface area contributed by atoms with E-state index in [1.807, 2.05) is 13.8 Å². The Kier molecular flexibility index (Phi) is 4.15. The highest BCUT2D eigenvalue weighted by Crippen LogP contribution is 2.28. The third kappa shape index (κ3) is 2.30. The van der Waals surface area contributed by atoms with E-state index in [4.69, 9.17) is 21.7 Å². The van der Waals surface area contributed by atoms with E-state index in [1.54, 1.807) is 0 Å². The highest BCUT2D eigenvalue weighted by molar-refractivity contribution is 8.32. The van der Waals surface area contributed by atoms with E-state index < -0.39 is 11.6 Å². The maximum atomic E-state index is 11.8. The van der Waals surface area contributed by atoms with Gasteiger partial charge in [0.05, 0.1) is 14.2 Å². The maximum absolute atomic E-state index is 11.8. The Balaban J connectivity index is 3.19. The van der Waals surface area contributed by atoms with Gasteiger partial charge in [-0.15, -0.1) is 0 Å². The lowest BCUT2D eigenvalue weighted by Gasteiger charge is -2.35. The molecule has 1 heterocycles. The first-order chi connectivity index (χ1) is 7.46. The van der Waals surface area contributed by atoms with E-state index in [0.717, 1.165) is 0 Å². The number of ether oxygens (including phenoxy) is 2. The van der Waals surface area contributed by atoms with Gasteiger partial charge in [0.2, 0.25) is 5.66 Å². The summed E-state index contributed by atoms with van der Waals surface area (Å²) in [6.07, 6.45) is 0. The molecule has 0 radical (unpaired) electrons. The van der Waals surface area contributed by atoms with Gasteiger partial charge in [-0.2, -0.15) is 0 Å². The van der Waals surface area contributed by atoms with Crippen LogP contribution in [-0.4, -0.2) is 35.4 Å². The SMILES string of the molecule is COC(=O)[C@]1(C(C)C)N=C(OC)SC(=S)N1. The molecule has 1 rings (SSSR count). The molecule has 5 nitrogen and oxygen atoms in total. The van der Waals surface area contributed by atoms with Gasteiger partial charge in [0.1, 0.15) is 4.32 Å². The fraction of sp³-hybridized carbons (Fsp3) is 0.667. The predicted molar refractivity (Wildman–Crippen MR) is 67.4 cm³/mol. The summed E-state index contributed by atoms with van der Waals surface area (Å²) >= 11 is 6.24. The summed E-state index contributed by atoms with van der Waals surface area (Å²) in [5.74, 6) is -0.580. The molecular weight excluding hydrogens is 248 g/mol. The van der Waals surface area contributed by atoms with Gasteiger partial charge >= 0.3 is 5.97 Å². The van der Waals surface area contributed by atoms with Gasteiger partial charge in [0, 0.05) is 5.92 Å². The topological polar surface area (TPSA) is 59.9 Å². The summed E-state index contributed by atoms with van der Waals surface area (Å²) in [6, 6.07) is 0. The minimum Gasteiger partial charge on any atom is -0.476 e. The van der Waals surface area contributed by atoms with Gasteiger partial charge in [0.15, 0.2) is 0 Å². The van der Waals surface area contributed by atoms with E-state index in [0.29, 0.717) is 9.55 Å². The van der Waals surface area contributed by atoms with Crippen molar-refractivity contribution in [2.24, 2.45) is 10.9 Å². The van der Waals surface area contributed by atoms with Crippen LogP contribution >= 0.6 is 24.0 Å². The number of nitrogens with zero attached hydrogens (tertiary/aromatic N) is 1. The monoisotopic (exact) mass is 262 g/mol. The minimum absolute atomic E-state index is 0.107. The molecule has 1 N–H and O–H groups in total. The van der Waals surface area contributed by atoms with E-state index in [9.17, 15) is 4.79 Å². The second-order valence-electron chi connectivity index (χ2n) is 3.51. The van der Waals surface area contributed by atoms with E-state index >= 15 is 0 Å². The summed E-state index contributed by atoms with van der Waals surface area (Å²) in [7, 11) is 2.81. The zero-order chi connectivity index (χ0) is 12.3. The fourth-order valence-electron chi connectivity index (χ4n) is 1.30. The summed E-state index contributed by atoms with van der Waals surface area (Å²) in [4.78, 5) is 16.1. The Bertz CT molecular complexity index is 344. The molecular formula is C9H14N2O3S2. The molecule has 0 bridgehead atoms. The quantitative estimate of drug-likeness (QED) is 0.595. The number of thioether (sulfide) groups is 1.